The third-order valence-electron chi connectivity index (χ3n) is 3.14. The number of rotatable bonds is 2. The van der Waals surface area contributed by atoms with E-state index in [2.05, 4.69) is 21.2 Å². The van der Waals surface area contributed by atoms with E-state index in [0.717, 1.165) is 15.7 Å². The van der Waals surface area contributed by atoms with Crippen LogP contribution >= 0.6 is 15.9 Å². The molecule has 2 unspecified atom stereocenters. The normalized spacial score (nSPS) is 24.4. The van der Waals surface area contributed by atoms with Gasteiger partial charge in [0.1, 0.15) is 6.04 Å². The van der Waals surface area contributed by atoms with Gasteiger partial charge in [0.15, 0.2) is 0 Å². The van der Waals surface area contributed by atoms with Gasteiger partial charge in [-0.2, -0.15) is 0 Å². The fourth-order valence-electron chi connectivity index (χ4n) is 2.29. The molecule has 0 saturated carbocycles. The van der Waals surface area contributed by atoms with Gasteiger partial charge in [-0.05, 0) is 37.6 Å². The maximum absolute atomic E-state index is 12.2. The molecule has 0 aliphatic carbocycles. The van der Waals surface area contributed by atoms with E-state index in [9.17, 15) is 9.90 Å². The zero-order valence-electron chi connectivity index (χ0n) is 10.5. The number of nitrogens with one attached hydrogen (secondary N) is 1. The molecule has 1 fully saturated rings. The molecule has 4 nitrogen and oxygen atoms in total. The molecule has 98 valence electrons. The Morgan fingerprint density at radius 2 is 2.28 bits per heavy atom. The highest BCUT2D eigenvalue weighted by Gasteiger charge is 2.32. The van der Waals surface area contributed by atoms with Gasteiger partial charge >= 0.3 is 0 Å². The molecule has 1 aromatic rings. The van der Waals surface area contributed by atoms with Crippen molar-refractivity contribution in [3.63, 3.8) is 0 Å². The minimum atomic E-state index is -0.503. The molecular weight excluding hydrogens is 296 g/mol. The average molecular weight is 313 g/mol. The number of nitrogens with zero attached hydrogens (tertiary/aromatic N) is 1. The van der Waals surface area contributed by atoms with Crippen LogP contribution in [0.5, 0.6) is 0 Å². The molecule has 0 bridgehead atoms. The van der Waals surface area contributed by atoms with Crippen LogP contribution in [0.25, 0.3) is 0 Å². The number of hydrogen-bond donors (Lipinski definition) is 2. The highest BCUT2D eigenvalue weighted by atomic mass is 79.9. The summed E-state index contributed by atoms with van der Waals surface area (Å²) in [5.74, 6) is -0.0685. The van der Waals surface area contributed by atoms with Crippen LogP contribution in [0, 0.1) is 6.92 Å². The van der Waals surface area contributed by atoms with E-state index >= 15 is 0 Å². The summed E-state index contributed by atoms with van der Waals surface area (Å²) < 4.78 is 0.998. The third-order valence-corrected chi connectivity index (χ3v) is 3.63. The van der Waals surface area contributed by atoms with Crippen LogP contribution < -0.4 is 10.2 Å². The number of benzene rings is 1. The second kappa shape index (κ2) is 5.38. The van der Waals surface area contributed by atoms with Crippen molar-refractivity contribution in [2.75, 3.05) is 18.1 Å². The third kappa shape index (κ3) is 2.58. The first-order valence-electron chi connectivity index (χ1n) is 5.97. The van der Waals surface area contributed by atoms with E-state index in [1.165, 1.54) is 0 Å². The standard InChI is InChI=1S/C13H17BrN2O2/c1-8-5-10(14)3-4-12(8)16-6-9(2)15-11(7-17)13(16)18/h3-5,9,11,15,17H,6-7H2,1-2H3. The summed E-state index contributed by atoms with van der Waals surface area (Å²) in [5.41, 5.74) is 1.96. The fourth-order valence-corrected chi connectivity index (χ4v) is 2.76. The van der Waals surface area contributed by atoms with E-state index in [4.69, 9.17) is 0 Å². The largest absolute Gasteiger partial charge is 0.394 e. The number of hydrogen-bond acceptors (Lipinski definition) is 3. The summed E-state index contributed by atoms with van der Waals surface area (Å²) in [6.07, 6.45) is 0. The van der Waals surface area contributed by atoms with Gasteiger partial charge < -0.3 is 10.0 Å². The molecule has 0 radical (unpaired) electrons. The zero-order chi connectivity index (χ0) is 13.3. The Labute approximate surface area is 115 Å². The summed E-state index contributed by atoms with van der Waals surface area (Å²) >= 11 is 3.42. The SMILES string of the molecule is Cc1cc(Br)ccc1N1CC(C)NC(CO)C1=O. The molecule has 0 aromatic heterocycles. The van der Waals surface area contributed by atoms with Gasteiger partial charge in [-0.15, -0.1) is 0 Å². The average Bonchev–Trinajstić information content (AvgIpc) is 2.32. The first-order chi connectivity index (χ1) is 8.52. The second-order valence-electron chi connectivity index (χ2n) is 4.68. The molecular formula is C13H17BrN2O2. The Bertz CT molecular complexity index is 464. The number of amides is 1. The Kier molecular flexibility index (Phi) is 4.04. The molecule has 5 heteroatoms. The van der Waals surface area contributed by atoms with Gasteiger partial charge in [0, 0.05) is 22.7 Å². The molecule has 1 saturated heterocycles. The number of anilines is 1. The van der Waals surface area contributed by atoms with Crippen molar-refractivity contribution >= 4 is 27.5 Å². The fraction of sp³-hybridized carbons (Fsp3) is 0.462. The summed E-state index contributed by atoms with van der Waals surface area (Å²) in [6, 6.07) is 5.52. The zero-order valence-corrected chi connectivity index (χ0v) is 12.1. The van der Waals surface area contributed by atoms with Crippen LogP contribution in [0.2, 0.25) is 0 Å². The monoisotopic (exact) mass is 312 g/mol. The van der Waals surface area contributed by atoms with Crippen LogP contribution in [-0.2, 0) is 4.79 Å². The lowest BCUT2D eigenvalue weighted by atomic mass is 10.1. The Balaban J connectivity index is 2.33. The first kappa shape index (κ1) is 13.5. The van der Waals surface area contributed by atoms with Crippen LogP contribution in [0.4, 0.5) is 5.69 Å². The topological polar surface area (TPSA) is 52.6 Å². The molecule has 1 aromatic carbocycles. The number of aliphatic hydroxyl groups is 1. The molecule has 1 aliphatic heterocycles. The summed E-state index contributed by atoms with van der Waals surface area (Å²) in [4.78, 5) is 14.0. The first-order valence-corrected chi connectivity index (χ1v) is 6.76. The van der Waals surface area contributed by atoms with Crippen LogP contribution in [0.15, 0.2) is 22.7 Å². The maximum Gasteiger partial charge on any atom is 0.246 e. The molecule has 2 atom stereocenters. The van der Waals surface area contributed by atoms with Gasteiger partial charge in [0.2, 0.25) is 5.91 Å². The van der Waals surface area contributed by atoms with Crippen molar-refractivity contribution in [1.82, 2.24) is 5.32 Å². The van der Waals surface area contributed by atoms with Crippen molar-refractivity contribution in [2.45, 2.75) is 25.9 Å². The van der Waals surface area contributed by atoms with Crippen LogP contribution in [0.1, 0.15) is 12.5 Å². The Hall–Kier alpha value is -0.910. The van der Waals surface area contributed by atoms with Gasteiger partial charge in [-0.25, -0.2) is 0 Å². The maximum atomic E-state index is 12.2. The smallest absolute Gasteiger partial charge is 0.246 e. The number of carbonyl (C=O) groups is 1. The van der Waals surface area contributed by atoms with E-state index in [0.29, 0.717) is 6.54 Å². The highest BCUT2D eigenvalue weighted by Crippen LogP contribution is 2.26. The molecule has 2 N–H and O–H groups in total. The summed E-state index contributed by atoms with van der Waals surface area (Å²) in [7, 11) is 0. The minimum Gasteiger partial charge on any atom is -0.394 e. The molecule has 2 rings (SSSR count). The second-order valence-corrected chi connectivity index (χ2v) is 5.60. The van der Waals surface area contributed by atoms with Crippen LogP contribution in [-0.4, -0.2) is 36.2 Å². The lowest BCUT2D eigenvalue weighted by Crippen LogP contribution is -2.60. The predicted molar refractivity (Wildman–Crippen MR) is 74.7 cm³/mol. The predicted octanol–water partition coefficient (Wildman–Crippen LogP) is 1.44. The number of carbonyl (C=O) groups excluding carboxylic acids is 1. The van der Waals surface area contributed by atoms with E-state index in [-0.39, 0.29) is 18.6 Å². The lowest BCUT2D eigenvalue weighted by Gasteiger charge is -2.37. The number of piperazine rings is 1. The van der Waals surface area contributed by atoms with Crippen LogP contribution in [0.3, 0.4) is 0 Å². The number of aryl methyl sites for hydroxylation is 1. The van der Waals surface area contributed by atoms with Crippen molar-refractivity contribution < 1.29 is 9.90 Å². The quantitative estimate of drug-likeness (QED) is 0.869. The molecule has 1 aliphatic rings. The minimum absolute atomic E-state index is 0.0685. The molecule has 1 amide bonds. The highest BCUT2D eigenvalue weighted by molar-refractivity contribution is 9.10. The van der Waals surface area contributed by atoms with Crippen molar-refractivity contribution in [3.8, 4) is 0 Å². The lowest BCUT2D eigenvalue weighted by molar-refractivity contribution is -0.123. The van der Waals surface area contributed by atoms with Gasteiger partial charge in [-0.3, -0.25) is 10.1 Å². The molecule has 18 heavy (non-hydrogen) atoms. The van der Waals surface area contributed by atoms with Gasteiger partial charge in [-0.1, -0.05) is 15.9 Å². The van der Waals surface area contributed by atoms with Crippen molar-refractivity contribution in [3.05, 3.63) is 28.2 Å². The summed E-state index contributed by atoms with van der Waals surface area (Å²) in [5, 5.41) is 12.3. The molecule has 1 heterocycles. The van der Waals surface area contributed by atoms with Crippen molar-refractivity contribution in [2.24, 2.45) is 0 Å². The van der Waals surface area contributed by atoms with E-state index in [1.54, 1.807) is 4.90 Å². The number of halogens is 1. The van der Waals surface area contributed by atoms with E-state index in [1.807, 2.05) is 32.0 Å². The number of aliphatic hydroxyl groups excluding tert-OH is 1. The van der Waals surface area contributed by atoms with Gasteiger partial charge in [0.05, 0.1) is 6.61 Å². The van der Waals surface area contributed by atoms with Crippen molar-refractivity contribution in [1.29, 1.82) is 0 Å². The Morgan fingerprint density at radius 3 is 2.89 bits per heavy atom. The van der Waals surface area contributed by atoms with Gasteiger partial charge in [0.25, 0.3) is 0 Å². The summed E-state index contributed by atoms with van der Waals surface area (Å²) in [6.45, 7) is 4.44. The van der Waals surface area contributed by atoms with E-state index < -0.39 is 6.04 Å². The Morgan fingerprint density at radius 1 is 1.56 bits per heavy atom. The molecule has 0 spiro atoms.